The average molecular weight is 1290 g/mol. The molecule has 0 saturated heterocycles. The molecular formula is C82H116N4O8. The molecule has 0 aliphatic heterocycles. The van der Waals surface area contributed by atoms with Crippen molar-refractivity contribution in [3.05, 3.63) is 128 Å². The van der Waals surface area contributed by atoms with Crippen LogP contribution in [0.4, 0.5) is 0 Å². The number of hydrogen-bond donors (Lipinski definition) is 4. The number of carbonyl (C=O) groups excluding carboxylic acids is 2. The Morgan fingerprint density at radius 1 is 0.340 bits per heavy atom. The van der Waals surface area contributed by atoms with Crippen LogP contribution in [-0.4, -0.2) is 81.4 Å². The number of phenolic OH excluding ortho intramolecular Hbond substituents is 4. The lowest BCUT2D eigenvalue weighted by Gasteiger charge is -2.28. The SMILES string of the molecule is CC(C)(C)c1cc(C=N[C@@H]2CCCC[C@H]2N=Cc2cc(OC(=O)C3CCC=CCCCC(C(=O)Oc4cc(C=N[C@@H]5CCCC[C@H]5N=Cc5cc(C(C)(C)C)cc(C(C)(C)C)c5O)c(O)c(C(C)(C)C)c4)CCC=CCCC3)cc(C(C)(C)C)c2O)c(O)c(C(C)(C)C)c1. The van der Waals surface area contributed by atoms with E-state index in [0.29, 0.717) is 83.4 Å². The van der Waals surface area contributed by atoms with Gasteiger partial charge in [0.05, 0.1) is 36.0 Å². The van der Waals surface area contributed by atoms with Crippen molar-refractivity contribution >= 4 is 36.8 Å². The quantitative estimate of drug-likeness (QED) is 0.0468. The van der Waals surface area contributed by atoms with Crippen molar-refractivity contribution in [3.63, 3.8) is 0 Å². The topological polar surface area (TPSA) is 183 Å². The summed E-state index contributed by atoms with van der Waals surface area (Å²) in [7, 11) is 0. The maximum Gasteiger partial charge on any atom is 0.314 e. The molecule has 94 heavy (non-hydrogen) atoms. The zero-order chi connectivity index (χ0) is 69.1. The lowest BCUT2D eigenvalue weighted by Crippen LogP contribution is -2.27. The molecule has 0 heterocycles. The Labute approximate surface area is 565 Å². The summed E-state index contributed by atoms with van der Waals surface area (Å²) in [6.45, 7) is 38.0. The van der Waals surface area contributed by atoms with Gasteiger partial charge in [0.25, 0.3) is 0 Å². The Morgan fingerprint density at radius 2 is 0.606 bits per heavy atom. The Bertz CT molecular complexity index is 3220. The van der Waals surface area contributed by atoms with Crippen LogP contribution in [0, 0.1) is 11.8 Å². The number of phenols is 4. The van der Waals surface area contributed by atoms with Gasteiger partial charge in [0.1, 0.15) is 34.5 Å². The van der Waals surface area contributed by atoms with E-state index in [4.69, 9.17) is 29.4 Å². The largest absolute Gasteiger partial charge is 0.507 e. The van der Waals surface area contributed by atoms with Crippen LogP contribution in [0.25, 0.3) is 0 Å². The zero-order valence-electron chi connectivity index (χ0n) is 60.6. The number of esters is 2. The first-order valence-corrected chi connectivity index (χ1v) is 35.3. The minimum atomic E-state index is -0.464. The predicted molar refractivity (Wildman–Crippen MR) is 390 cm³/mol. The fraction of sp³-hybridized carbons (Fsp3) is 0.585. The molecule has 4 aromatic carbocycles. The molecule has 4 N–H and O–H groups in total. The highest BCUT2D eigenvalue weighted by Crippen LogP contribution is 2.42. The molecule has 0 amide bonds. The maximum absolute atomic E-state index is 14.3. The van der Waals surface area contributed by atoms with Gasteiger partial charge in [0.15, 0.2) is 0 Å². The fourth-order valence-corrected chi connectivity index (χ4v) is 13.0. The lowest BCUT2D eigenvalue weighted by molar-refractivity contribution is -0.140. The van der Waals surface area contributed by atoms with Gasteiger partial charge in [-0.05, 0) is 170 Å². The fourth-order valence-electron chi connectivity index (χ4n) is 13.0. The van der Waals surface area contributed by atoms with E-state index >= 15 is 0 Å². The molecule has 7 rings (SSSR count). The van der Waals surface area contributed by atoms with Gasteiger partial charge in [-0.1, -0.05) is 187 Å². The van der Waals surface area contributed by atoms with Crippen molar-refractivity contribution < 1.29 is 39.5 Å². The first-order valence-electron chi connectivity index (χ1n) is 35.3. The Balaban J connectivity index is 1.00. The zero-order valence-corrected chi connectivity index (χ0v) is 60.6. The van der Waals surface area contributed by atoms with E-state index in [1.54, 1.807) is 36.7 Å². The van der Waals surface area contributed by atoms with Gasteiger partial charge < -0.3 is 29.9 Å². The predicted octanol–water partition coefficient (Wildman–Crippen LogP) is 19.8. The van der Waals surface area contributed by atoms with Crippen molar-refractivity contribution in [2.75, 3.05) is 0 Å². The summed E-state index contributed by atoms with van der Waals surface area (Å²) in [5.41, 5.74) is 6.11. The second-order valence-corrected chi connectivity index (χ2v) is 33.4. The van der Waals surface area contributed by atoms with Crippen LogP contribution < -0.4 is 9.47 Å². The molecule has 512 valence electrons. The molecule has 12 heteroatoms. The third-order valence-corrected chi connectivity index (χ3v) is 19.1. The van der Waals surface area contributed by atoms with Crippen molar-refractivity contribution in [1.82, 2.24) is 0 Å². The normalized spacial score (nSPS) is 21.6. The van der Waals surface area contributed by atoms with E-state index in [-0.39, 0.29) is 92.6 Å². The molecule has 2 saturated carbocycles. The number of rotatable bonds is 12. The summed E-state index contributed by atoms with van der Waals surface area (Å²) in [6, 6.07) is 14.9. The first kappa shape index (κ1) is 74.6. The number of hydrogen-bond acceptors (Lipinski definition) is 12. The van der Waals surface area contributed by atoms with Crippen LogP contribution in [0.5, 0.6) is 34.5 Å². The van der Waals surface area contributed by atoms with Crippen LogP contribution in [-0.2, 0) is 42.1 Å². The van der Waals surface area contributed by atoms with Gasteiger partial charge in [-0.15, -0.1) is 0 Å². The monoisotopic (exact) mass is 1280 g/mol. The van der Waals surface area contributed by atoms with Gasteiger partial charge >= 0.3 is 11.9 Å². The highest BCUT2D eigenvalue weighted by Gasteiger charge is 2.32. The van der Waals surface area contributed by atoms with Crippen molar-refractivity contribution in [2.24, 2.45) is 31.8 Å². The molecule has 0 aromatic heterocycles. The smallest absolute Gasteiger partial charge is 0.314 e. The summed E-state index contributed by atoms with van der Waals surface area (Å²) in [5, 5.41) is 46.6. The average Bonchev–Trinajstić information content (AvgIpc) is 0.812. The van der Waals surface area contributed by atoms with E-state index in [1.165, 1.54) is 0 Å². The van der Waals surface area contributed by atoms with E-state index in [1.807, 2.05) is 54.0 Å². The van der Waals surface area contributed by atoms with Gasteiger partial charge in [-0.3, -0.25) is 29.6 Å². The minimum Gasteiger partial charge on any atom is -0.507 e. The minimum absolute atomic E-state index is 0.111. The second-order valence-electron chi connectivity index (χ2n) is 33.4. The number of aromatic hydroxyl groups is 4. The molecule has 0 spiro atoms. The summed E-state index contributed by atoms with van der Waals surface area (Å²) in [6.07, 6.45) is 30.2. The Kier molecular flexibility index (Phi) is 24.9. The number of aliphatic imine (C=N–C) groups is 4. The number of benzene rings is 4. The standard InChI is InChI=1S/C82H116N4O8/c1-77(2,3)59-41-55(71(87)63(45-59)79(7,8)9)49-83-67-37-29-31-39-69(67)85-51-57-43-61(47-65(73(57)89)81(13,14)15)93-75(91)53-33-25-21-19-23-27-35-54(36-28-24-20-22-26-34-53)76(92)94-62-44-58(74(90)66(48-62)82(16,17)18)52-86-70-40-32-30-38-68(70)84-50-56-42-60(78(4,5)6)46-64(72(56)88)80(10,11)12/h19-21,24,41-54,67-70,87-90H,22-23,25-40H2,1-18H3/t53?,54?,67-,68-,69-,70-/m1/s1. The summed E-state index contributed by atoms with van der Waals surface area (Å²) < 4.78 is 12.6. The van der Waals surface area contributed by atoms with Crippen LogP contribution in [0.2, 0.25) is 0 Å². The molecule has 3 aliphatic rings. The van der Waals surface area contributed by atoms with Crippen LogP contribution in [0.1, 0.15) is 296 Å². The highest BCUT2D eigenvalue weighted by atomic mass is 16.5. The second kappa shape index (κ2) is 31.4. The molecule has 3 aliphatic carbocycles. The molecule has 2 unspecified atom stereocenters. The van der Waals surface area contributed by atoms with E-state index in [0.717, 1.165) is 99.3 Å². The highest BCUT2D eigenvalue weighted by molar-refractivity contribution is 5.89. The number of ether oxygens (including phenoxy) is 2. The summed E-state index contributed by atoms with van der Waals surface area (Å²) >= 11 is 0. The molecule has 4 aromatic rings. The Hall–Kier alpha value is -6.82. The maximum atomic E-state index is 14.3. The van der Waals surface area contributed by atoms with Gasteiger partial charge in [-0.2, -0.15) is 0 Å². The van der Waals surface area contributed by atoms with E-state index in [2.05, 4.69) is 132 Å². The van der Waals surface area contributed by atoms with Crippen molar-refractivity contribution in [2.45, 2.75) is 297 Å². The van der Waals surface area contributed by atoms with E-state index < -0.39 is 10.8 Å². The lowest BCUT2D eigenvalue weighted by atomic mass is 9.79. The van der Waals surface area contributed by atoms with Crippen molar-refractivity contribution in [1.29, 1.82) is 0 Å². The third-order valence-electron chi connectivity index (χ3n) is 19.1. The molecule has 12 nitrogen and oxygen atoms in total. The van der Waals surface area contributed by atoms with Gasteiger partial charge in [-0.25, -0.2) is 0 Å². The van der Waals surface area contributed by atoms with Crippen LogP contribution >= 0.6 is 0 Å². The number of carbonyl (C=O) groups is 2. The van der Waals surface area contributed by atoms with Gasteiger partial charge in [0, 0.05) is 69.4 Å². The molecule has 0 bridgehead atoms. The summed E-state index contributed by atoms with van der Waals surface area (Å²) in [5.74, 6) is 0.235. The molecule has 2 fully saturated rings. The molecule has 6 atom stereocenters. The first-order chi connectivity index (χ1) is 43.9. The molecule has 0 radical (unpaired) electrons. The number of nitrogens with zero attached hydrogens (tertiary/aromatic N) is 4. The van der Waals surface area contributed by atoms with Crippen LogP contribution in [0.15, 0.2) is 92.8 Å². The summed E-state index contributed by atoms with van der Waals surface area (Å²) in [4.78, 5) is 48.9. The van der Waals surface area contributed by atoms with Gasteiger partial charge in [0.2, 0.25) is 0 Å². The van der Waals surface area contributed by atoms with Crippen molar-refractivity contribution in [3.8, 4) is 34.5 Å². The third kappa shape index (κ3) is 20.6. The number of allylic oxidation sites excluding steroid dienone is 4. The molecular weight excluding hydrogens is 1170 g/mol. The van der Waals surface area contributed by atoms with Crippen LogP contribution in [0.3, 0.4) is 0 Å². The van der Waals surface area contributed by atoms with E-state index in [9.17, 15) is 30.0 Å². The Morgan fingerprint density at radius 3 is 0.883 bits per heavy atom.